The van der Waals surface area contributed by atoms with Gasteiger partial charge in [0.15, 0.2) is 5.82 Å². The zero-order valence-electron chi connectivity index (χ0n) is 8.45. The number of piperazine rings is 1. The van der Waals surface area contributed by atoms with E-state index in [1.54, 1.807) is 0 Å². The molecule has 0 radical (unpaired) electrons. The molecule has 4 nitrogen and oxygen atoms in total. The highest BCUT2D eigenvalue weighted by Gasteiger charge is 2.18. The third kappa shape index (κ3) is 2.35. The normalized spacial score (nSPS) is 18.2. The minimum Gasteiger partial charge on any atom is -0.353 e. The number of anilines is 1. The maximum absolute atomic E-state index is 12.9. The van der Waals surface area contributed by atoms with Crippen LogP contribution in [0, 0.1) is 6.08 Å². The van der Waals surface area contributed by atoms with Gasteiger partial charge in [-0.25, -0.2) is 4.98 Å². The number of nitrogens with zero attached hydrogens (tertiary/aromatic N) is 4. The van der Waals surface area contributed by atoms with E-state index in [4.69, 9.17) is 11.6 Å². The summed E-state index contributed by atoms with van der Waals surface area (Å²) < 4.78 is 12.9. The minimum absolute atomic E-state index is 0.404. The van der Waals surface area contributed by atoms with E-state index in [9.17, 15) is 4.39 Å². The van der Waals surface area contributed by atoms with Gasteiger partial charge in [-0.05, 0) is 7.05 Å². The molecule has 2 heterocycles. The Morgan fingerprint density at radius 1 is 1.33 bits per heavy atom. The summed E-state index contributed by atoms with van der Waals surface area (Å²) in [6.45, 7) is 3.49. The maximum Gasteiger partial charge on any atom is 0.310 e. The molecule has 6 heteroatoms. The van der Waals surface area contributed by atoms with Gasteiger partial charge in [0.2, 0.25) is 0 Å². The number of likely N-dealkylation sites (N-methyl/N-ethyl adjacent to an activating group) is 1. The van der Waals surface area contributed by atoms with E-state index in [0.717, 1.165) is 26.2 Å². The molecule has 0 N–H and O–H groups in total. The fourth-order valence-corrected chi connectivity index (χ4v) is 1.79. The topological polar surface area (TPSA) is 32.3 Å². The van der Waals surface area contributed by atoms with Gasteiger partial charge in [-0.2, -0.15) is 9.37 Å². The summed E-state index contributed by atoms with van der Waals surface area (Å²) in [5, 5.41) is 0.404. The van der Waals surface area contributed by atoms with Crippen LogP contribution in [0.3, 0.4) is 0 Å². The summed E-state index contributed by atoms with van der Waals surface area (Å²) in [6.07, 6.45) is 0.575. The molecular weight excluding hydrogens is 219 g/mol. The molecule has 0 aromatic carbocycles. The molecule has 1 aromatic rings. The van der Waals surface area contributed by atoms with Crippen LogP contribution >= 0.6 is 11.6 Å². The lowest BCUT2D eigenvalue weighted by Gasteiger charge is -2.33. The molecule has 1 aromatic heterocycles. The first-order chi connectivity index (χ1) is 7.16. The van der Waals surface area contributed by atoms with Crippen molar-refractivity contribution in [3.8, 4) is 0 Å². The zero-order valence-corrected chi connectivity index (χ0v) is 9.21. The van der Waals surface area contributed by atoms with Gasteiger partial charge in [-0.3, -0.25) is 0 Å². The van der Waals surface area contributed by atoms with E-state index in [-0.39, 0.29) is 0 Å². The average molecular weight is 231 g/mol. The molecule has 1 saturated heterocycles. The van der Waals surface area contributed by atoms with Crippen LogP contribution in [0.25, 0.3) is 0 Å². The van der Waals surface area contributed by atoms with E-state index < -0.39 is 6.08 Å². The molecule has 1 aliphatic heterocycles. The number of halogens is 2. The smallest absolute Gasteiger partial charge is 0.310 e. The lowest BCUT2D eigenvalue weighted by molar-refractivity contribution is 0.311. The van der Waals surface area contributed by atoms with Gasteiger partial charge in [0.25, 0.3) is 0 Å². The molecule has 15 heavy (non-hydrogen) atoms. The SMILES string of the molecule is CN1CCN(c2nc(F)ncc2Cl)CC1. The molecule has 0 spiro atoms. The Morgan fingerprint density at radius 3 is 2.67 bits per heavy atom. The third-order valence-corrected chi connectivity index (χ3v) is 2.77. The van der Waals surface area contributed by atoms with Crippen molar-refractivity contribution in [1.82, 2.24) is 14.9 Å². The number of aromatic nitrogens is 2. The van der Waals surface area contributed by atoms with Crippen LogP contribution in [-0.4, -0.2) is 48.1 Å². The van der Waals surface area contributed by atoms with Gasteiger partial charge >= 0.3 is 6.08 Å². The van der Waals surface area contributed by atoms with Crippen molar-refractivity contribution in [3.63, 3.8) is 0 Å². The molecule has 1 fully saturated rings. The Balaban J connectivity index is 2.18. The van der Waals surface area contributed by atoms with E-state index in [1.165, 1.54) is 6.20 Å². The number of hydrogen-bond acceptors (Lipinski definition) is 4. The summed E-state index contributed by atoms with van der Waals surface area (Å²) in [7, 11) is 2.06. The van der Waals surface area contributed by atoms with Gasteiger partial charge in [0.05, 0.1) is 6.20 Å². The Bertz CT molecular complexity index is 352. The summed E-state index contributed by atoms with van der Waals surface area (Å²) in [5.74, 6) is 0.497. The van der Waals surface area contributed by atoms with Gasteiger partial charge in [-0.15, -0.1) is 0 Å². The second-order valence-electron chi connectivity index (χ2n) is 3.60. The van der Waals surface area contributed by atoms with Crippen LogP contribution in [0.5, 0.6) is 0 Å². The fraction of sp³-hybridized carbons (Fsp3) is 0.556. The van der Waals surface area contributed by atoms with Crippen molar-refractivity contribution in [2.75, 3.05) is 38.1 Å². The van der Waals surface area contributed by atoms with Crippen molar-refractivity contribution < 1.29 is 4.39 Å². The van der Waals surface area contributed by atoms with E-state index in [2.05, 4.69) is 21.9 Å². The highest BCUT2D eigenvalue weighted by molar-refractivity contribution is 6.32. The van der Waals surface area contributed by atoms with Crippen molar-refractivity contribution in [2.45, 2.75) is 0 Å². The Kier molecular flexibility index (Phi) is 3.02. The monoisotopic (exact) mass is 230 g/mol. The van der Waals surface area contributed by atoms with Crippen LogP contribution in [0.1, 0.15) is 0 Å². The summed E-state index contributed by atoms with van der Waals surface area (Å²) in [5.41, 5.74) is 0. The predicted molar refractivity (Wildman–Crippen MR) is 56.7 cm³/mol. The van der Waals surface area contributed by atoms with Crippen LogP contribution < -0.4 is 4.90 Å². The molecule has 0 aliphatic carbocycles. The lowest BCUT2D eigenvalue weighted by atomic mass is 10.3. The first kappa shape index (κ1) is 10.6. The highest BCUT2D eigenvalue weighted by atomic mass is 35.5. The van der Waals surface area contributed by atoms with Crippen molar-refractivity contribution in [3.05, 3.63) is 17.3 Å². The van der Waals surface area contributed by atoms with E-state index in [0.29, 0.717) is 10.8 Å². The second-order valence-corrected chi connectivity index (χ2v) is 4.01. The molecule has 0 atom stereocenters. The number of rotatable bonds is 1. The number of hydrogen-bond donors (Lipinski definition) is 0. The Labute approximate surface area is 92.7 Å². The predicted octanol–water partition coefficient (Wildman–Crippen LogP) is 1.02. The van der Waals surface area contributed by atoms with Gasteiger partial charge in [-0.1, -0.05) is 11.6 Å². The summed E-state index contributed by atoms with van der Waals surface area (Å²) in [6, 6.07) is 0. The molecule has 0 bridgehead atoms. The second kappa shape index (κ2) is 4.28. The van der Waals surface area contributed by atoms with Crippen LogP contribution in [0.15, 0.2) is 6.20 Å². The quantitative estimate of drug-likeness (QED) is 0.675. The molecule has 2 rings (SSSR count). The molecule has 0 saturated carbocycles. The average Bonchev–Trinajstić information content (AvgIpc) is 2.23. The fourth-order valence-electron chi connectivity index (χ4n) is 1.58. The van der Waals surface area contributed by atoms with Gasteiger partial charge in [0, 0.05) is 26.2 Å². The summed E-state index contributed by atoms with van der Waals surface area (Å²) >= 11 is 5.92. The van der Waals surface area contributed by atoms with Crippen molar-refractivity contribution in [2.24, 2.45) is 0 Å². The van der Waals surface area contributed by atoms with Crippen molar-refractivity contribution in [1.29, 1.82) is 0 Å². The largest absolute Gasteiger partial charge is 0.353 e. The first-order valence-electron chi connectivity index (χ1n) is 4.78. The van der Waals surface area contributed by atoms with Crippen LogP contribution in [0.2, 0.25) is 5.02 Å². The van der Waals surface area contributed by atoms with Crippen LogP contribution in [-0.2, 0) is 0 Å². The van der Waals surface area contributed by atoms with Crippen LogP contribution in [0.4, 0.5) is 10.2 Å². The molecular formula is C9H12ClFN4. The van der Waals surface area contributed by atoms with E-state index in [1.807, 2.05) is 4.90 Å². The first-order valence-corrected chi connectivity index (χ1v) is 5.16. The Morgan fingerprint density at radius 2 is 2.00 bits per heavy atom. The molecule has 0 amide bonds. The summed E-state index contributed by atoms with van der Waals surface area (Å²) in [4.78, 5) is 11.3. The molecule has 82 valence electrons. The lowest BCUT2D eigenvalue weighted by Crippen LogP contribution is -2.45. The molecule has 1 aliphatic rings. The highest BCUT2D eigenvalue weighted by Crippen LogP contribution is 2.22. The van der Waals surface area contributed by atoms with Gasteiger partial charge < -0.3 is 9.80 Å². The van der Waals surface area contributed by atoms with E-state index >= 15 is 0 Å². The Hall–Kier alpha value is -0.940. The standard InChI is InChI=1S/C9H12ClFN4/c1-14-2-4-15(5-3-14)8-7(10)6-12-9(11)13-8/h6H,2-5H2,1H3. The maximum atomic E-state index is 12.9. The molecule has 0 unspecified atom stereocenters. The van der Waals surface area contributed by atoms with Crippen molar-refractivity contribution >= 4 is 17.4 Å². The third-order valence-electron chi connectivity index (χ3n) is 2.50. The van der Waals surface area contributed by atoms with Gasteiger partial charge in [0.1, 0.15) is 5.02 Å². The minimum atomic E-state index is -0.728. The zero-order chi connectivity index (χ0) is 10.8.